The Morgan fingerprint density at radius 2 is 2.06 bits per heavy atom. The fourth-order valence-corrected chi connectivity index (χ4v) is 1.44. The number of nitrogens with two attached hydrogens (primary N) is 1. The van der Waals surface area contributed by atoms with E-state index in [0.29, 0.717) is 5.82 Å². The molecule has 1 rings (SSSR count). The SMILES string of the molecule is CN(C)CCCN(C)c1nc[nH]c(=O)c1N. The van der Waals surface area contributed by atoms with Crippen molar-refractivity contribution in [2.75, 3.05) is 44.9 Å². The highest BCUT2D eigenvalue weighted by molar-refractivity contribution is 5.60. The number of aromatic amines is 1. The van der Waals surface area contributed by atoms with Crippen molar-refractivity contribution < 1.29 is 0 Å². The van der Waals surface area contributed by atoms with Crippen LogP contribution in [0.5, 0.6) is 0 Å². The lowest BCUT2D eigenvalue weighted by Gasteiger charge is -2.20. The average molecular weight is 225 g/mol. The van der Waals surface area contributed by atoms with Crippen LogP contribution in [-0.4, -0.2) is 49.1 Å². The predicted molar refractivity (Wildman–Crippen MR) is 65.7 cm³/mol. The van der Waals surface area contributed by atoms with Gasteiger partial charge in [-0.1, -0.05) is 0 Å². The molecule has 1 aromatic rings. The van der Waals surface area contributed by atoms with Gasteiger partial charge in [-0.2, -0.15) is 0 Å². The van der Waals surface area contributed by atoms with Crippen LogP contribution in [0.4, 0.5) is 11.5 Å². The molecule has 1 aromatic heterocycles. The Morgan fingerprint density at radius 1 is 1.38 bits per heavy atom. The van der Waals surface area contributed by atoms with Crippen molar-refractivity contribution in [2.45, 2.75) is 6.42 Å². The van der Waals surface area contributed by atoms with E-state index in [1.807, 2.05) is 26.0 Å². The van der Waals surface area contributed by atoms with Gasteiger partial charge in [0.1, 0.15) is 5.69 Å². The quantitative estimate of drug-likeness (QED) is 0.722. The van der Waals surface area contributed by atoms with E-state index in [4.69, 9.17) is 5.73 Å². The first-order chi connectivity index (χ1) is 7.52. The number of hydrogen-bond acceptors (Lipinski definition) is 5. The normalized spacial score (nSPS) is 10.8. The monoisotopic (exact) mass is 225 g/mol. The number of H-pyrrole nitrogens is 1. The Bertz CT molecular complexity index is 387. The summed E-state index contributed by atoms with van der Waals surface area (Å²) in [5.74, 6) is 0.544. The number of nitrogen functional groups attached to an aromatic ring is 1. The number of aromatic nitrogens is 2. The van der Waals surface area contributed by atoms with Gasteiger partial charge in [0.05, 0.1) is 6.33 Å². The van der Waals surface area contributed by atoms with Crippen molar-refractivity contribution in [3.8, 4) is 0 Å². The van der Waals surface area contributed by atoms with E-state index in [1.54, 1.807) is 0 Å². The molecule has 0 saturated carbocycles. The number of nitrogens with zero attached hydrogens (tertiary/aromatic N) is 3. The van der Waals surface area contributed by atoms with Crippen LogP contribution in [0.15, 0.2) is 11.1 Å². The van der Waals surface area contributed by atoms with Gasteiger partial charge in [0, 0.05) is 13.6 Å². The molecule has 90 valence electrons. The number of nitrogens with one attached hydrogen (secondary N) is 1. The van der Waals surface area contributed by atoms with E-state index < -0.39 is 0 Å². The maximum atomic E-state index is 11.3. The second-order valence-corrected chi connectivity index (χ2v) is 4.05. The molecule has 16 heavy (non-hydrogen) atoms. The summed E-state index contributed by atoms with van der Waals surface area (Å²) in [6.45, 7) is 1.81. The Morgan fingerprint density at radius 3 is 2.69 bits per heavy atom. The smallest absolute Gasteiger partial charge is 0.276 e. The molecule has 0 spiro atoms. The summed E-state index contributed by atoms with van der Waals surface area (Å²) in [6.07, 6.45) is 2.37. The van der Waals surface area contributed by atoms with Gasteiger partial charge in [-0.25, -0.2) is 4.98 Å². The molecule has 6 nitrogen and oxygen atoms in total. The molecule has 0 amide bonds. The highest BCUT2D eigenvalue weighted by Gasteiger charge is 2.09. The molecule has 0 unspecified atom stereocenters. The van der Waals surface area contributed by atoms with Crippen LogP contribution >= 0.6 is 0 Å². The van der Waals surface area contributed by atoms with Gasteiger partial charge in [0.25, 0.3) is 5.56 Å². The van der Waals surface area contributed by atoms with Crippen LogP contribution in [0.2, 0.25) is 0 Å². The molecule has 0 saturated heterocycles. The first-order valence-electron chi connectivity index (χ1n) is 5.21. The van der Waals surface area contributed by atoms with Crippen molar-refractivity contribution in [3.63, 3.8) is 0 Å². The number of rotatable bonds is 5. The molecule has 0 aliphatic heterocycles. The van der Waals surface area contributed by atoms with Gasteiger partial charge in [0.15, 0.2) is 5.82 Å². The minimum absolute atomic E-state index is 0.176. The van der Waals surface area contributed by atoms with Gasteiger partial charge in [0.2, 0.25) is 0 Å². The lowest BCUT2D eigenvalue weighted by atomic mass is 10.3. The molecule has 3 N–H and O–H groups in total. The van der Waals surface area contributed by atoms with Crippen LogP contribution in [0.3, 0.4) is 0 Å². The zero-order valence-corrected chi connectivity index (χ0v) is 10.0. The van der Waals surface area contributed by atoms with Gasteiger partial charge in [-0.3, -0.25) is 4.79 Å². The lowest BCUT2D eigenvalue weighted by Crippen LogP contribution is -2.27. The van der Waals surface area contributed by atoms with Crippen molar-refractivity contribution in [1.82, 2.24) is 14.9 Å². The van der Waals surface area contributed by atoms with Crippen LogP contribution in [0.25, 0.3) is 0 Å². The molecule has 0 radical (unpaired) electrons. The summed E-state index contributed by atoms with van der Waals surface area (Å²) < 4.78 is 0. The lowest BCUT2D eigenvalue weighted by molar-refractivity contribution is 0.401. The van der Waals surface area contributed by atoms with Crippen molar-refractivity contribution in [3.05, 3.63) is 16.7 Å². The molecule has 0 aliphatic carbocycles. The van der Waals surface area contributed by atoms with Crippen LogP contribution in [0, 0.1) is 0 Å². The van der Waals surface area contributed by atoms with Crippen molar-refractivity contribution in [2.24, 2.45) is 0 Å². The molecular formula is C10H19N5O. The zero-order chi connectivity index (χ0) is 12.1. The molecule has 0 fully saturated rings. The molecular weight excluding hydrogens is 206 g/mol. The summed E-state index contributed by atoms with van der Waals surface area (Å²) in [5, 5.41) is 0. The second-order valence-electron chi connectivity index (χ2n) is 4.05. The fourth-order valence-electron chi connectivity index (χ4n) is 1.44. The highest BCUT2D eigenvalue weighted by atomic mass is 16.1. The second kappa shape index (κ2) is 5.50. The third-order valence-electron chi connectivity index (χ3n) is 2.33. The molecule has 0 atom stereocenters. The van der Waals surface area contributed by atoms with Gasteiger partial charge < -0.3 is 20.5 Å². The Balaban J connectivity index is 2.62. The zero-order valence-electron chi connectivity index (χ0n) is 10.0. The van der Waals surface area contributed by atoms with Gasteiger partial charge >= 0.3 is 0 Å². The first-order valence-corrected chi connectivity index (χ1v) is 5.21. The Labute approximate surface area is 95.1 Å². The fraction of sp³-hybridized carbons (Fsp3) is 0.600. The molecule has 1 heterocycles. The average Bonchev–Trinajstić information content (AvgIpc) is 2.21. The third kappa shape index (κ3) is 3.23. The van der Waals surface area contributed by atoms with Crippen LogP contribution in [-0.2, 0) is 0 Å². The van der Waals surface area contributed by atoms with Crippen molar-refractivity contribution >= 4 is 11.5 Å². The Hall–Kier alpha value is -1.56. The number of anilines is 2. The summed E-state index contributed by atoms with van der Waals surface area (Å²) in [4.78, 5) is 21.8. The van der Waals surface area contributed by atoms with E-state index in [0.717, 1.165) is 19.5 Å². The standard InChI is InChI=1S/C10H19N5O/c1-14(2)5-4-6-15(3)9-8(11)10(16)13-7-12-9/h7H,4-6,11H2,1-3H3,(H,12,13,16). The first kappa shape index (κ1) is 12.5. The van der Waals surface area contributed by atoms with Crippen molar-refractivity contribution in [1.29, 1.82) is 0 Å². The highest BCUT2D eigenvalue weighted by Crippen LogP contribution is 2.12. The van der Waals surface area contributed by atoms with Gasteiger partial charge in [-0.15, -0.1) is 0 Å². The molecule has 0 aromatic carbocycles. The van der Waals surface area contributed by atoms with Crippen LogP contribution in [0.1, 0.15) is 6.42 Å². The maximum Gasteiger partial charge on any atom is 0.276 e. The molecule has 0 aliphatic rings. The van der Waals surface area contributed by atoms with Gasteiger partial charge in [-0.05, 0) is 27.1 Å². The molecule has 0 bridgehead atoms. The minimum atomic E-state index is -0.288. The summed E-state index contributed by atoms with van der Waals surface area (Å²) in [6, 6.07) is 0. The van der Waals surface area contributed by atoms with E-state index >= 15 is 0 Å². The largest absolute Gasteiger partial charge is 0.391 e. The summed E-state index contributed by atoms with van der Waals surface area (Å²) >= 11 is 0. The van der Waals surface area contributed by atoms with E-state index in [1.165, 1.54) is 6.33 Å². The number of hydrogen-bond donors (Lipinski definition) is 2. The van der Waals surface area contributed by atoms with E-state index in [9.17, 15) is 4.79 Å². The van der Waals surface area contributed by atoms with E-state index in [-0.39, 0.29) is 11.2 Å². The van der Waals surface area contributed by atoms with Crippen LogP contribution < -0.4 is 16.2 Å². The molecule has 6 heteroatoms. The summed E-state index contributed by atoms with van der Waals surface area (Å²) in [5.41, 5.74) is 5.54. The topological polar surface area (TPSA) is 78.2 Å². The predicted octanol–water partition coefficient (Wildman–Crippen LogP) is -0.260. The van der Waals surface area contributed by atoms with E-state index in [2.05, 4.69) is 14.9 Å². The minimum Gasteiger partial charge on any atom is -0.391 e. The third-order valence-corrected chi connectivity index (χ3v) is 2.33. The summed E-state index contributed by atoms with van der Waals surface area (Å²) in [7, 11) is 5.94. The maximum absolute atomic E-state index is 11.3. The Kier molecular flexibility index (Phi) is 4.30.